The van der Waals surface area contributed by atoms with Crippen molar-refractivity contribution in [3.63, 3.8) is 0 Å². The van der Waals surface area contributed by atoms with E-state index in [2.05, 4.69) is 9.97 Å². The Hall–Kier alpha value is -2.16. The Balaban J connectivity index is 2.34. The number of nitrogens with two attached hydrogens (primary N) is 1. The molecule has 1 fully saturated rings. The summed E-state index contributed by atoms with van der Waals surface area (Å²) in [6, 6.07) is 3.88. The van der Waals surface area contributed by atoms with Gasteiger partial charge in [-0.05, 0) is 25.8 Å². The molecule has 1 aromatic rings. The Bertz CT molecular complexity index is 516. The Kier molecular flexibility index (Phi) is 3.95. The maximum Gasteiger partial charge on any atom is 0.237 e. The van der Waals surface area contributed by atoms with Crippen molar-refractivity contribution >= 4 is 11.9 Å². The van der Waals surface area contributed by atoms with Crippen LogP contribution in [0.1, 0.15) is 37.1 Å². The summed E-state index contributed by atoms with van der Waals surface area (Å²) >= 11 is 0. The molecule has 6 heteroatoms. The number of aromatic nitrogens is 2. The molecule has 0 aromatic carbocycles. The van der Waals surface area contributed by atoms with Gasteiger partial charge in [0.25, 0.3) is 0 Å². The fourth-order valence-electron chi connectivity index (χ4n) is 2.49. The molecule has 0 spiro atoms. The highest BCUT2D eigenvalue weighted by molar-refractivity contribution is 5.79. The topological polar surface area (TPSA) is 95.9 Å². The molecule has 0 radical (unpaired) electrons. The van der Waals surface area contributed by atoms with Gasteiger partial charge in [-0.15, -0.1) is 0 Å². The first kappa shape index (κ1) is 13.3. The number of aryl methyl sites for hydroxylation is 1. The summed E-state index contributed by atoms with van der Waals surface area (Å²) in [4.78, 5) is 21.6. The van der Waals surface area contributed by atoms with Crippen LogP contribution in [0.15, 0.2) is 6.07 Å². The van der Waals surface area contributed by atoms with E-state index in [0.717, 1.165) is 25.7 Å². The minimum Gasteiger partial charge on any atom is -0.368 e. The SMILES string of the molecule is Cc1cc(C#N)nc(N(CC(N)=O)C2CCCC2)n1. The Labute approximate surface area is 112 Å². The minimum absolute atomic E-state index is 0.0962. The summed E-state index contributed by atoms with van der Waals surface area (Å²) in [6.07, 6.45) is 4.28. The van der Waals surface area contributed by atoms with Gasteiger partial charge in [-0.1, -0.05) is 12.8 Å². The van der Waals surface area contributed by atoms with E-state index in [1.54, 1.807) is 6.07 Å². The van der Waals surface area contributed by atoms with Crippen LogP contribution in [0.3, 0.4) is 0 Å². The zero-order valence-electron chi connectivity index (χ0n) is 11.0. The van der Waals surface area contributed by atoms with Gasteiger partial charge in [0.2, 0.25) is 11.9 Å². The molecule has 1 aromatic heterocycles. The molecule has 0 unspecified atom stereocenters. The molecule has 1 saturated carbocycles. The quantitative estimate of drug-likeness (QED) is 0.866. The Morgan fingerprint density at radius 3 is 2.79 bits per heavy atom. The monoisotopic (exact) mass is 259 g/mol. The summed E-state index contributed by atoms with van der Waals surface area (Å²) in [5.74, 6) is 0.0257. The first-order valence-corrected chi connectivity index (χ1v) is 6.41. The van der Waals surface area contributed by atoms with E-state index < -0.39 is 5.91 Å². The first-order chi connectivity index (χ1) is 9.10. The molecular formula is C13H17N5O. The van der Waals surface area contributed by atoms with Crippen LogP contribution in [0.4, 0.5) is 5.95 Å². The zero-order chi connectivity index (χ0) is 13.8. The molecule has 1 aliphatic rings. The number of hydrogen-bond donors (Lipinski definition) is 1. The number of hydrogen-bond acceptors (Lipinski definition) is 5. The standard InChI is InChI=1S/C13H17N5O/c1-9-6-10(7-14)17-13(16-9)18(8-12(15)19)11-4-2-3-5-11/h6,11H,2-5,8H2,1H3,(H2,15,19). The molecule has 19 heavy (non-hydrogen) atoms. The second-order valence-corrected chi connectivity index (χ2v) is 4.84. The van der Waals surface area contributed by atoms with Crippen LogP contribution in [0.25, 0.3) is 0 Å². The van der Waals surface area contributed by atoms with Gasteiger partial charge in [0.1, 0.15) is 11.8 Å². The predicted molar refractivity (Wildman–Crippen MR) is 70.3 cm³/mol. The third-order valence-corrected chi connectivity index (χ3v) is 3.31. The summed E-state index contributed by atoms with van der Waals surface area (Å²) in [6.45, 7) is 1.90. The largest absolute Gasteiger partial charge is 0.368 e. The van der Waals surface area contributed by atoms with Gasteiger partial charge >= 0.3 is 0 Å². The maximum absolute atomic E-state index is 11.2. The van der Waals surface area contributed by atoms with Crippen LogP contribution >= 0.6 is 0 Å². The second-order valence-electron chi connectivity index (χ2n) is 4.84. The van der Waals surface area contributed by atoms with Gasteiger partial charge < -0.3 is 10.6 Å². The van der Waals surface area contributed by atoms with Gasteiger partial charge in [0, 0.05) is 11.7 Å². The zero-order valence-corrected chi connectivity index (χ0v) is 11.0. The molecule has 2 rings (SSSR count). The van der Waals surface area contributed by atoms with Crippen LogP contribution < -0.4 is 10.6 Å². The summed E-state index contributed by atoms with van der Waals surface area (Å²) in [5, 5.41) is 8.97. The number of nitriles is 1. The number of primary amides is 1. The van der Waals surface area contributed by atoms with Gasteiger partial charge in [0.05, 0.1) is 6.54 Å². The van der Waals surface area contributed by atoms with Gasteiger partial charge in [-0.25, -0.2) is 9.97 Å². The van der Waals surface area contributed by atoms with Crippen LogP contribution in [0, 0.1) is 18.3 Å². The minimum atomic E-state index is -0.407. The molecular weight excluding hydrogens is 242 g/mol. The molecule has 1 amide bonds. The van der Waals surface area contributed by atoms with Crippen LogP contribution in [-0.2, 0) is 4.79 Å². The van der Waals surface area contributed by atoms with Crippen LogP contribution in [0.5, 0.6) is 0 Å². The van der Waals surface area contributed by atoms with Crippen LogP contribution in [0.2, 0.25) is 0 Å². The number of rotatable bonds is 4. The molecule has 1 heterocycles. The normalized spacial score (nSPS) is 15.2. The predicted octanol–water partition coefficient (Wildman–Crippen LogP) is 0.891. The molecule has 1 aliphatic carbocycles. The van der Waals surface area contributed by atoms with Crippen molar-refractivity contribution in [3.8, 4) is 6.07 Å². The summed E-state index contributed by atoms with van der Waals surface area (Å²) < 4.78 is 0. The average Bonchev–Trinajstić information content (AvgIpc) is 2.88. The highest BCUT2D eigenvalue weighted by atomic mass is 16.1. The van der Waals surface area contributed by atoms with E-state index >= 15 is 0 Å². The second kappa shape index (κ2) is 5.65. The smallest absolute Gasteiger partial charge is 0.237 e. The third-order valence-electron chi connectivity index (χ3n) is 3.31. The maximum atomic E-state index is 11.2. The van der Waals surface area contributed by atoms with Crippen molar-refractivity contribution in [1.29, 1.82) is 5.26 Å². The lowest BCUT2D eigenvalue weighted by Gasteiger charge is -2.27. The van der Waals surface area contributed by atoms with Crippen molar-refractivity contribution in [2.45, 2.75) is 38.6 Å². The molecule has 0 saturated heterocycles. The van der Waals surface area contributed by atoms with E-state index in [-0.39, 0.29) is 12.6 Å². The van der Waals surface area contributed by atoms with Crippen molar-refractivity contribution < 1.29 is 4.79 Å². The highest BCUT2D eigenvalue weighted by Gasteiger charge is 2.26. The molecule has 0 atom stereocenters. The van der Waals surface area contributed by atoms with Gasteiger partial charge in [0.15, 0.2) is 0 Å². The highest BCUT2D eigenvalue weighted by Crippen LogP contribution is 2.26. The Morgan fingerprint density at radius 2 is 2.21 bits per heavy atom. The lowest BCUT2D eigenvalue weighted by atomic mass is 10.2. The van der Waals surface area contributed by atoms with E-state index in [9.17, 15) is 4.79 Å². The summed E-state index contributed by atoms with van der Waals surface area (Å²) in [5.41, 5.74) is 6.34. The fraction of sp³-hybridized carbons (Fsp3) is 0.538. The number of carbonyl (C=O) groups excluding carboxylic acids is 1. The molecule has 0 bridgehead atoms. The van der Waals surface area contributed by atoms with E-state index in [1.807, 2.05) is 17.9 Å². The number of nitrogens with zero attached hydrogens (tertiary/aromatic N) is 4. The third kappa shape index (κ3) is 3.19. The first-order valence-electron chi connectivity index (χ1n) is 6.41. The Morgan fingerprint density at radius 1 is 1.53 bits per heavy atom. The van der Waals surface area contributed by atoms with Crippen LogP contribution in [-0.4, -0.2) is 28.5 Å². The lowest BCUT2D eigenvalue weighted by Crippen LogP contribution is -2.41. The number of carbonyl (C=O) groups is 1. The molecule has 6 nitrogen and oxygen atoms in total. The lowest BCUT2D eigenvalue weighted by molar-refractivity contribution is -0.116. The van der Waals surface area contributed by atoms with E-state index in [4.69, 9.17) is 11.0 Å². The average molecular weight is 259 g/mol. The molecule has 2 N–H and O–H groups in total. The fourth-order valence-corrected chi connectivity index (χ4v) is 2.49. The van der Waals surface area contributed by atoms with Gasteiger partial charge in [-0.3, -0.25) is 4.79 Å². The summed E-state index contributed by atoms with van der Waals surface area (Å²) in [7, 11) is 0. The molecule has 0 aliphatic heterocycles. The number of amides is 1. The van der Waals surface area contributed by atoms with Crippen molar-refractivity contribution in [3.05, 3.63) is 17.5 Å². The van der Waals surface area contributed by atoms with E-state index in [1.165, 1.54) is 0 Å². The number of anilines is 1. The van der Waals surface area contributed by atoms with Crippen molar-refractivity contribution in [1.82, 2.24) is 9.97 Å². The van der Waals surface area contributed by atoms with Gasteiger partial charge in [-0.2, -0.15) is 5.26 Å². The molecule has 100 valence electrons. The van der Waals surface area contributed by atoms with Crippen molar-refractivity contribution in [2.24, 2.45) is 5.73 Å². The van der Waals surface area contributed by atoms with Crippen molar-refractivity contribution in [2.75, 3.05) is 11.4 Å². The van der Waals surface area contributed by atoms with E-state index in [0.29, 0.717) is 17.3 Å².